The Labute approximate surface area is 175 Å². The van der Waals surface area contributed by atoms with Crippen LogP contribution in [0.2, 0.25) is 0 Å². The summed E-state index contributed by atoms with van der Waals surface area (Å²) in [5, 5.41) is 3.25. The van der Waals surface area contributed by atoms with Crippen LogP contribution in [0.15, 0.2) is 24.5 Å². The standard InChI is InChI=1S/C21H28FN7O/c1-5-20-25-15-11-24-19(10-16(15)29(20)13(2)3)26-18-6-8-23-21(27-18)28-9-7-17(30-4)14(22)12-28/h6,8,10-11,13-14,17H,5,7,9,12H2,1-4H3,(H,23,24,26,27). The molecule has 0 radical (unpaired) electrons. The Bertz CT molecular complexity index is 1020. The molecule has 9 heteroatoms. The minimum absolute atomic E-state index is 0.222. The van der Waals surface area contributed by atoms with Gasteiger partial charge in [-0.25, -0.2) is 19.3 Å². The average Bonchev–Trinajstić information content (AvgIpc) is 3.12. The molecule has 0 aromatic carbocycles. The fourth-order valence-corrected chi connectivity index (χ4v) is 3.97. The van der Waals surface area contributed by atoms with Crippen molar-refractivity contribution < 1.29 is 9.13 Å². The third-order valence-corrected chi connectivity index (χ3v) is 5.45. The molecule has 1 fully saturated rings. The molecule has 1 saturated heterocycles. The van der Waals surface area contributed by atoms with Crippen molar-refractivity contribution in [3.63, 3.8) is 0 Å². The van der Waals surface area contributed by atoms with Gasteiger partial charge in [0.1, 0.15) is 29.1 Å². The molecule has 2 unspecified atom stereocenters. The Hall–Kier alpha value is -2.81. The Morgan fingerprint density at radius 1 is 1.27 bits per heavy atom. The fourth-order valence-electron chi connectivity index (χ4n) is 3.97. The molecule has 8 nitrogen and oxygen atoms in total. The summed E-state index contributed by atoms with van der Waals surface area (Å²) < 4.78 is 21.7. The second-order valence-electron chi connectivity index (χ2n) is 7.80. The van der Waals surface area contributed by atoms with Crippen LogP contribution in [0.3, 0.4) is 0 Å². The molecule has 3 aromatic heterocycles. The molecule has 4 rings (SSSR count). The molecule has 0 saturated carbocycles. The summed E-state index contributed by atoms with van der Waals surface area (Å²) in [5.41, 5.74) is 1.92. The van der Waals surface area contributed by atoms with E-state index in [1.54, 1.807) is 25.6 Å². The first kappa shape index (κ1) is 20.5. The number of hydrogen-bond acceptors (Lipinski definition) is 7. The molecule has 3 aromatic rings. The lowest BCUT2D eigenvalue weighted by Gasteiger charge is -2.33. The van der Waals surface area contributed by atoms with Gasteiger partial charge >= 0.3 is 0 Å². The number of halogens is 1. The second kappa shape index (κ2) is 8.51. The van der Waals surface area contributed by atoms with Gasteiger partial charge in [-0.1, -0.05) is 6.92 Å². The minimum Gasteiger partial charge on any atom is -0.378 e. The largest absolute Gasteiger partial charge is 0.378 e. The zero-order valence-electron chi connectivity index (χ0n) is 17.8. The SMILES string of the molecule is CCc1nc2cnc(Nc3ccnc(N4CCC(OC)C(F)C4)n3)cc2n1C(C)C. The summed E-state index contributed by atoms with van der Waals surface area (Å²) in [5.74, 6) is 2.84. The molecular weight excluding hydrogens is 385 g/mol. The Kier molecular flexibility index (Phi) is 5.80. The zero-order valence-corrected chi connectivity index (χ0v) is 17.8. The number of fused-ring (bicyclic) bond motifs is 1. The number of aromatic nitrogens is 5. The van der Waals surface area contributed by atoms with Gasteiger partial charge in [-0.05, 0) is 26.3 Å². The number of nitrogens with one attached hydrogen (secondary N) is 1. The highest BCUT2D eigenvalue weighted by molar-refractivity contribution is 5.79. The van der Waals surface area contributed by atoms with Crippen LogP contribution in [0.25, 0.3) is 11.0 Å². The molecule has 30 heavy (non-hydrogen) atoms. The molecule has 4 heterocycles. The highest BCUT2D eigenvalue weighted by Gasteiger charge is 2.30. The Balaban J connectivity index is 1.57. The summed E-state index contributed by atoms with van der Waals surface area (Å²) in [6.07, 6.45) is 3.50. The number of alkyl halides is 1. The van der Waals surface area contributed by atoms with E-state index >= 15 is 0 Å². The lowest BCUT2D eigenvalue weighted by molar-refractivity contribution is 0.0194. The van der Waals surface area contributed by atoms with Gasteiger partial charge in [-0.3, -0.25) is 0 Å². The van der Waals surface area contributed by atoms with Crippen LogP contribution < -0.4 is 10.2 Å². The van der Waals surface area contributed by atoms with E-state index in [9.17, 15) is 4.39 Å². The van der Waals surface area contributed by atoms with Crippen LogP contribution in [0.4, 0.5) is 22.0 Å². The van der Waals surface area contributed by atoms with E-state index in [0.29, 0.717) is 36.6 Å². The number of methoxy groups -OCH3 is 1. The number of hydrogen-bond donors (Lipinski definition) is 1. The van der Waals surface area contributed by atoms with Gasteiger partial charge in [0.2, 0.25) is 5.95 Å². The number of nitrogens with zero attached hydrogens (tertiary/aromatic N) is 6. The molecule has 1 N–H and O–H groups in total. The quantitative estimate of drug-likeness (QED) is 0.660. The van der Waals surface area contributed by atoms with E-state index in [1.165, 1.54) is 0 Å². The number of aryl methyl sites for hydroxylation is 1. The normalized spacial score (nSPS) is 19.6. The van der Waals surface area contributed by atoms with Gasteiger partial charge in [0.15, 0.2) is 0 Å². The van der Waals surface area contributed by atoms with Gasteiger partial charge in [0.25, 0.3) is 0 Å². The maximum absolute atomic E-state index is 14.3. The predicted octanol–water partition coefficient (Wildman–Crippen LogP) is 3.67. The topological polar surface area (TPSA) is 81.0 Å². The summed E-state index contributed by atoms with van der Waals surface area (Å²) in [4.78, 5) is 19.9. The molecule has 0 bridgehead atoms. The molecule has 0 spiro atoms. The summed E-state index contributed by atoms with van der Waals surface area (Å²) >= 11 is 0. The van der Waals surface area contributed by atoms with Gasteiger partial charge in [-0.2, -0.15) is 4.98 Å². The molecular formula is C21H28FN7O. The van der Waals surface area contributed by atoms with E-state index in [1.807, 2.05) is 11.0 Å². The molecule has 0 aliphatic carbocycles. The second-order valence-corrected chi connectivity index (χ2v) is 7.80. The van der Waals surface area contributed by atoms with Crippen molar-refractivity contribution in [2.75, 3.05) is 30.4 Å². The third kappa shape index (κ3) is 3.94. The first-order valence-corrected chi connectivity index (χ1v) is 10.4. The number of piperidine rings is 1. The molecule has 160 valence electrons. The lowest BCUT2D eigenvalue weighted by atomic mass is 10.1. The first-order chi connectivity index (χ1) is 14.5. The van der Waals surface area contributed by atoms with Crippen LogP contribution in [0, 0.1) is 0 Å². The van der Waals surface area contributed by atoms with Crippen molar-refractivity contribution in [1.29, 1.82) is 0 Å². The molecule has 0 amide bonds. The Morgan fingerprint density at radius 3 is 2.80 bits per heavy atom. The molecule has 1 aliphatic rings. The van der Waals surface area contributed by atoms with Crippen LogP contribution in [0.5, 0.6) is 0 Å². The van der Waals surface area contributed by atoms with E-state index < -0.39 is 6.17 Å². The van der Waals surface area contributed by atoms with Gasteiger partial charge in [0, 0.05) is 38.4 Å². The van der Waals surface area contributed by atoms with Crippen LogP contribution >= 0.6 is 0 Å². The van der Waals surface area contributed by atoms with Gasteiger partial charge in [0.05, 0.1) is 24.4 Å². The summed E-state index contributed by atoms with van der Waals surface area (Å²) in [6, 6.07) is 4.07. The minimum atomic E-state index is -1.06. The monoisotopic (exact) mass is 413 g/mol. The molecule has 1 aliphatic heterocycles. The van der Waals surface area contributed by atoms with Crippen LogP contribution in [0.1, 0.15) is 39.1 Å². The van der Waals surface area contributed by atoms with E-state index in [-0.39, 0.29) is 12.6 Å². The zero-order chi connectivity index (χ0) is 21.3. The van der Waals surface area contributed by atoms with Crippen molar-refractivity contribution in [3.8, 4) is 0 Å². The highest BCUT2D eigenvalue weighted by Crippen LogP contribution is 2.25. The van der Waals surface area contributed by atoms with E-state index in [0.717, 1.165) is 23.3 Å². The van der Waals surface area contributed by atoms with E-state index in [4.69, 9.17) is 9.72 Å². The van der Waals surface area contributed by atoms with Crippen molar-refractivity contribution in [2.24, 2.45) is 0 Å². The third-order valence-electron chi connectivity index (χ3n) is 5.45. The number of anilines is 3. The average molecular weight is 414 g/mol. The Morgan fingerprint density at radius 2 is 2.10 bits per heavy atom. The maximum Gasteiger partial charge on any atom is 0.227 e. The summed E-state index contributed by atoms with van der Waals surface area (Å²) in [7, 11) is 1.55. The lowest BCUT2D eigenvalue weighted by Crippen LogP contribution is -2.46. The summed E-state index contributed by atoms with van der Waals surface area (Å²) in [6.45, 7) is 7.27. The van der Waals surface area contributed by atoms with Crippen LogP contribution in [-0.2, 0) is 11.2 Å². The number of pyridine rings is 1. The number of imidazole rings is 1. The van der Waals surface area contributed by atoms with Gasteiger partial charge in [-0.15, -0.1) is 0 Å². The fraction of sp³-hybridized carbons (Fsp3) is 0.524. The number of ether oxygens (including phenoxy) is 1. The van der Waals surface area contributed by atoms with Crippen molar-refractivity contribution in [3.05, 3.63) is 30.4 Å². The van der Waals surface area contributed by atoms with Gasteiger partial charge < -0.3 is 19.5 Å². The first-order valence-electron chi connectivity index (χ1n) is 10.4. The van der Waals surface area contributed by atoms with Crippen molar-refractivity contribution >= 4 is 28.6 Å². The smallest absolute Gasteiger partial charge is 0.227 e. The van der Waals surface area contributed by atoms with E-state index in [2.05, 4.69) is 45.6 Å². The predicted molar refractivity (Wildman–Crippen MR) is 115 cm³/mol. The van der Waals surface area contributed by atoms with Crippen molar-refractivity contribution in [1.82, 2.24) is 24.5 Å². The van der Waals surface area contributed by atoms with Crippen molar-refractivity contribution in [2.45, 2.75) is 51.9 Å². The maximum atomic E-state index is 14.3. The number of rotatable bonds is 6. The van der Waals surface area contributed by atoms with Crippen LogP contribution in [-0.4, -0.2) is 57.0 Å². The highest BCUT2D eigenvalue weighted by atomic mass is 19.1. The molecule has 2 atom stereocenters.